The maximum absolute atomic E-state index is 12.9. The van der Waals surface area contributed by atoms with Gasteiger partial charge in [-0.25, -0.2) is 4.68 Å². The highest BCUT2D eigenvalue weighted by Gasteiger charge is 2.30. The summed E-state index contributed by atoms with van der Waals surface area (Å²) < 4.78 is 2.87. The lowest BCUT2D eigenvalue weighted by molar-refractivity contribution is -0.131. The van der Waals surface area contributed by atoms with Gasteiger partial charge in [-0.3, -0.25) is 4.79 Å². The average Bonchev–Trinajstić information content (AvgIpc) is 3.32. The van der Waals surface area contributed by atoms with Gasteiger partial charge in [0.15, 0.2) is 0 Å². The van der Waals surface area contributed by atoms with Crippen LogP contribution in [0, 0.1) is 0 Å². The number of hydrogen-bond acceptors (Lipinski definition) is 2. The van der Waals surface area contributed by atoms with E-state index in [1.165, 1.54) is 5.56 Å². The van der Waals surface area contributed by atoms with Crippen molar-refractivity contribution in [2.75, 3.05) is 6.54 Å². The molecule has 26 heavy (non-hydrogen) atoms. The van der Waals surface area contributed by atoms with Crippen LogP contribution in [0.3, 0.4) is 0 Å². The van der Waals surface area contributed by atoms with Crippen LogP contribution in [0.5, 0.6) is 0 Å². The highest BCUT2D eigenvalue weighted by atomic mass is 79.9. The summed E-state index contributed by atoms with van der Waals surface area (Å²) >= 11 is 3.53. The molecule has 132 valence electrons. The van der Waals surface area contributed by atoms with Crippen LogP contribution in [0.15, 0.2) is 71.5 Å². The van der Waals surface area contributed by atoms with E-state index in [1.54, 1.807) is 6.20 Å². The largest absolute Gasteiger partial charge is 0.335 e. The number of nitrogens with zero attached hydrogens (tertiary/aromatic N) is 3. The molecule has 1 amide bonds. The first-order chi connectivity index (χ1) is 12.7. The first-order valence-corrected chi connectivity index (χ1v) is 9.64. The Morgan fingerprint density at radius 3 is 2.81 bits per heavy atom. The second kappa shape index (κ2) is 7.46. The maximum atomic E-state index is 12.9. The summed E-state index contributed by atoms with van der Waals surface area (Å²) in [6.45, 7) is 0.822. The van der Waals surface area contributed by atoms with Crippen LogP contribution < -0.4 is 0 Å². The van der Waals surface area contributed by atoms with E-state index in [9.17, 15) is 4.79 Å². The molecule has 0 aliphatic carbocycles. The Hall–Kier alpha value is -2.40. The molecule has 4 rings (SSSR count). The number of para-hydroxylation sites is 1. The zero-order valence-corrected chi connectivity index (χ0v) is 16.0. The van der Waals surface area contributed by atoms with Gasteiger partial charge in [0.25, 0.3) is 0 Å². The summed E-state index contributed by atoms with van der Waals surface area (Å²) in [7, 11) is 0. The summed E-state index contributed by atoms with van der Waals surface area (Å²) in [5, 5.41) is 4.39. The van der Waals surface area contributed by atoms with Crippen LogP contribution in [0.4, 0.5) is 0 Å². The van der Waals surface area contributed by atoms with Crippen LogP contribution in [-0.4, -0.2) is 27.1 Å². The molecule has 0 saturated carbocycles. The normalized spacial score (nSPS) is 16.8. The number of rotatable bonds is 4. The van der Waals surface area contributed by atoms with E-state index in [1.807, 2.05) is 58.2 Å². The summed E-state index contributed by atoms with van der Waals surface area (Å²) in [5.74, 6) is 0.167. The molecule has 2 heterocycles. The number of amides is 1. The molecular formula is C21H20BrN3O. The van der Waals surface area contributed by atoms with Crippen molar-refractivity contribution in [1.82, 2.24) is 14.7 Å². The SMILES string of the molecule is O=C(Cc1cnn(-c2ccccc2)c1)N1CCCC1c1cccc(Br)c1. The van der Waals surface area contributed by atoms with Crippen LogP contribution in [-0.2, 0) is 11.2 Å². The Bertz CT molecular complexity index is 906. The summed E-state index contributed by atoms with van der Waals surface area (Å²) in [5.41, 5.74) is 3.14. The van der Waals surface area contributed by atoms with Crippen molar-refractivity contribution in [1.29, 1.82) is 0 Å². The van der Waals surface area contributed by atoms with Crippen molar-refractivity contribution in [3.63, 3.8) is 0 Å². The lowest BCUT2D eigenvalue weighted by Crippen LogP contribution is -2.31. The van der Waals surface area contributed by atoms with Crippen molar-refractivity contribution in [2.24, 2.45) is 0 Å². The maximum Gasteiger partial charge on any atom is 0.227 e. The first kappa shape index (κ1) is 17.0. The van der Waals surface area contributed by atoms with E-state index in [-0.39, 0.29) is 11.9 Å². The molecule has 1 unspecified atom stereocenters. The lowest BCUT2D eigenvalue weighted by Gasteiger charge is -2.25. The Morgan fingerprint density at radius 2 is 2.00 bits per heavy atom. The molecule has 4 nitrogen and oxygen atoms in total. The van der Waals surface area contributed by atoms with E-state index in [2.05, 4.69) is 33.2 Å². The van der Waals surface area contributed by atoms with Crippen LogP contribution in [0.2, 0.25) is 0 Å². The van der Waals surface area contributed by atoms with Gasteiger partial charge in [0.1, 0.15) is 0 Å². The summed E-state index contributed by atoms with van der Waals surface area (Å²) in [6.07, 6.45) is 6.18. The van der Waals surface area contributed by atoms with Crippen molar-refractivity contribution in [3.8, 4) is 5.69 Å². The minimum Gasteiger partial charge on any atom is -0.335 e. The van der Waals surface area contributed by atoms with E-state index in [0.717, 1.165) is 35.1 Å². The van der Waals surface area contributed by atoms with Gasteiger partial charge in [0, 0.05) is 17.2 Å². The van der Waals surface area contributed by atoms with Crippen molar-refractivity contribution >= 4 is 21.8 Å². The van der Waals surface area contributed by atoms with E-state index in [4.69, 9.17) is 0 Å². The van der Waals surface area contributed by atoms with Crippen LogP contribution in [0.1, 0.15) is 30.0 Å². The summed E-state index contributed by atoms with van der Waals surface area (Å²) in [6, 6.07) is 18.4. The second-order valence-corrected chi connectivity index (χ2v) is 7.52. The molecule has 0 spiro atoms. The number of likely N-dealkylation sites (tertiary alicyclic amines) is 1. The molecule has 1 aliphatic heterocycles. The highest BCUT2D eigenvalue weighted by molar-refractivity contribution is 9.10. The fraction of sp³-hybridized carbons (Fsp3) is 0.238. The lowest BCUT2D eigenvalue weighted by atomic mass is 10.0. The fourth-order valence-electron chi connectivity index (χ4n) is 3.58. The summed E-state index contributed by atoms with van der Waals surface area (Å²) in [4.78, 5) is 14.9. The average molecular weight is 410 g/mol. The molecular weight excluding hydrogens is 390 g/mol. The van der Waals surface area contributed by atoms with Gasteiger partial charge in [-0.1, -0.05) is 46.3 Å². The number of carbonyl (C=O) groups is 1. The number of hydrogen-bond donors (Lipinski definition) is 0. The van der Waals surface area contributed by atoms with Gasteiger partial charge in [-0.15, -0.1) is 0 Å². The van der Waals surface area contributed by atoms with Crippen LogP contribution >= 0.6 is 15.9 Å². The second-order valence-electron chi connectivity index (χ2n) is 6.61. The highest BCUT2D eigenvalue weighted by Crippen LogP contribution is 2.33. The fourth-order valence-corrected chi connectivity index (χ4v) is 3.99. The monoisotopic (exact) mass is 409 g/mol. The molecule has 3 aromatic rings. The predicted molar refractivity (Wildman–Crippen MR) is 105 cm³/mol. The first-order valence-electron chi connectivity index (χ1n) is 8.84. The minimum absolute atomic E-state index is 0.167. The van der Waals surface area contributed by atoms with Gasteiger partial charge in [-0.2, -0.15) is 5.10 Å². The number of halogens is 1. The van der Waals surface area contributed by atoms with Gasteiger partial charge in [0.05, 0.1) is 24.3 Å². The number of aromatic nitrogens is 2. The van der Waals surface area contributed by atoms with Crippen LogP contribution in [0.25, 0.3) is 5.69 Å². The van der Waals surface area contributed by atoms with Crippen molar-refractivity contribution in [2.45, 2.75) is 25.3 Å². The third-order valence-corrected chi connectivity index (χ3v) is 5.31. The predicted octanol–water partition coefficient (Wildman–Crippen LogP) is 4.54. The Kier molecular flexibility index (Phi) is 4.89. The molecule has 1 fully saturated rings. The van der Waals surface area contributed by atoms with Gasteiger partial charge >= 0.3 is 0 Å². The zero-order chi connectivity index (χ0) is 17.9. The number of carbonyl (C=O) groups excluding carboxylic acids is 1. The number of benzene rings is 2. The van der Waals surface area contributed by atoms with Gasteiger partial charge < -0.3 is 4.90 Å². The third-order valence-electron chi connectivity index (χ3n) is 4.82. The molecule has 5 heteroatoms. The molecule has 0 bridgehead atoms. The molecule has 0 radical (unpaired) electrons. The third kappa shape index (κ3) is 3.58. The molecule has 0 N–H and O–H groups in total. The molecule has 1 saturated heterocycles. The van der Waals surface area contributed by atoms with Gasteiger partial charge in [-0.05, 0) is 48.2 Å². The van der Waals surface area contributed by atoms with E-state index < -0.39 is 0 Å². The topological polar surface area (TPSA) is 38.1 Å². The van der Waals surface area contributed by atoms with Gasteiger partial charge in [0.2, 0.25) is 5.91 Å². The molecule has 2 aromatic carbocycles. The van der Waals surface area contributed by atoms with E-state index >= 15 is 0 Å². The van der Waals surface area contributed by atoms with Crippen molar-refractivity contribution < 1.29 is 4.79 Å². The zero-order valence-electron chi connectivity index (χ0n) is 14.4. The molecule has 1 aliphatic rings. The minimum atomic E-state index is 0.167. The van der Waals surface area contributed by atoms with Crippen molar-refractivity contribution in [3.05, 3.63) is 82.6 Å². The Balaban J connectivity index is 1.48. The Morgan fingerprint density at radius 1 is 1.15 bits per heavy atom. The van der Waals surface area contributed by atoms with E-state index in [0.29, 0.717) is 6.42 Å². The molecule has 1 aromatic heterocycles. The quantitative estimate of drug-likeness (QED) is 0.634. The molecule has 1 atom stereocenters. The smallest absolute Gasteiger partial charge is 0.227 e. The standard InChI is InChI=1S/C21H20BrN3O/c22-18-7-4-6-17(13-18)20-10-5-11-24(20)21(26)12-16-14-23-25(15-16)19-8-2-1-3-9-19/h1-4,6-9,13-15,20H,5,10-12H2. The Labute approximate surface area is 161 Å².